The number of hydrogen-bond acceptors (Lipinski definition) is 4. The van der Waals surface area contributed by atoms with E-state index in [1.54, 1.807) is 13.0 Å². The van der Waals surface area contributed by atoms with Crippen LogP contribution in [0, 0.1) is 20.8 Å². The molecular weight excluding hydrogens is 368 g/mol. The first-order valence-corrected chi connectivity index (χ1v) is 9.48. The summed E-state index contributed by atoms with van der Waals surface area (Å²) < 4.78 is 2.19. The van der Waals surface area contributed by atoms with Crippen molar-refractivity contribution in [2.75, 3.05) is 6.54 Å². The van der Waals surface area contributed by atoms with Crippen LogP contribution in [0.4, 0.5) is 0 Å². The number of carbonyl (C=O) groups excluding carboxylic acids is 1. The van der Waals surface area contributed by atoms with Crippen molar-refractivity contribution < 1.29 is 4.79 Å². The molecule has 0 fully saturated rings. The minimum Gasteiger partial charge on any atom is -0.351 e. The number of rotatable bonds is 5. The predicted molar refractivity (Wildman–Crippen MR) is 112 cm³/mol. The highest BCUT2D eigenvalue weighted by Gasteiger charge is 2.20. The standard InChI is InChI=1S/C22H24N4O3/c1-5-23-20(27)19-21(28)25(13-17-9-7-6-8-15(17)3)22(29)26(24-19)18-11-10-14(2)16(4)12-18/h6-12H,5,13H2,1-4H3,(H,23,27). The third-order valence-corrected chi connectivity index (χ3v) is 4.94. The van der Waals surface area contributed by atoms with Crippen LogP contribution in [-0.4, -0.2) is 26.8 Å². The SMILES string of the molecule is CCNC(=O)c1nn(-c2ccc(C)c(C)c2)c(=O)n(Cc2ccccc2C)c1=O. The van der Waals surface area contributed by atoms with E-state index < -0.39 is 17.2 Å². The fraction of sp³-hybridized carbons (Fsp3) is 0.273. The molecule has 0 saturated carbocycles. The van der Waals surface area contributed by atoms with Crippen LogP contribution in [0.5, 0.6) is 0 Å². The largest absolute Gasteiger partial charge is 0.352 e. The summed E-state index contributed by atoms with van der Waals surface area (Å²) in [6.07, 6.45) is 0. The second kappa shape index (κ2) is 8.26. The van der Waals surface area contributed by atoms with Crippen LogP contribution in [0.1, 0.15) is 39.7 Å². The molecule has 0 spiro atoms. The maximum atomic E-state index is 13.2. The topological polar surface area (TPSA) is 86.0 Å². The van der Waals surface area contributed by atoms with Gasteiger partial charge in [0.05, 0.1) is 12.2 Å². The lowest BCUT2D eigenvalue weighted by molar-refractivity contribution is 0.0946. The molecular formula is C22H24N4O3. The van der Waals surface area contributed by atoms with Crippen LogP contribution in [0.25, 0.3) is 5.69 Å². The number of benzene rings is 2. The van der Waals surface area contributed by atoms with E-state index in [4.69, 9.17) is 0 Å². The van der Waals surface area contributed by atoms with Gasteiger partial charge in [0.1, 0.15) is 0 Å². The minimum atomic E-state index is -0.704. The number of aryl methyl sites for hydroxylation is 3. The van der Waals surface area contributed by atoms with Crippen LogP contribution < -0.4 is 16.6 Å². The molecule has 1 amide bonds. The highest BCUT2D eigenvalue weighted by atomic mass is 16.2. The van der Waals surface area contributed by atoms with Gasteiger partial charge in [-0.15, -0.1) is 0 Å². The van der Waals surface area contributed by atoms with Gasteiger partial charge in [0.2, 0.25) is 5.69 Å². The lowest BCUT2D eigenvalue weighted by Gasteiger charge is -2.14. The monoisotopic (exact) mass is 392 g/mol. The number of nitrogens with one attached hydrogen (secondary N) is 1. The van der Waals surface area contributed by atoms with E-state index in [0.717, 1.165) is 31.5 Å². The molecule has 1 aromatic heterocycles. The summed E-state index contributed by atoms with van der Waals surface area (Å²) >= 11 is 0. The summed E-state index contributed by atoms with van der Waals surface area (Å²) in [5.41, 5.74) is 2.73. The van der Waals surface area contributed by atoms with Crippen LogP contribution in [0.3, 0.4) is 0 Å². The number of hydrogen-bond donors (Lipinski definition) is 1. The summed E-state index contributed by atoms with van der Waals surface area (Å²) in [6, 6.07) is 12.9. The Hall–Kier alpha value is -3.48. The Morgan fingerprint density at radius 1 is 1.00 bits per heavy atom. The first-order valence-electron chi connectivity index (χ1n) is 9.48. The summed E-state index contributed by atoms with van der Waals surface area (Å²) in [4.78, 5) is 38.6. The zero-order chi connectivity index (χ0) is 21.1. The summed E-state index contributed by atoms with van der Waals surface area (Å²) in [6.45, 7) is 7.97. The predicted octanol–water partition coefficient (Wildman–Crippen LogP) is 2.12. The van der Waals surface area contributed by atoms with Gasteiger partial charge < -0.3 is 5.32 Å². The fourth-order valence-corrected chi connectivity index (χ4v) is 3.02. The van der Waals surface area contributed by atoms with E-state index in [0.29, 0.717) is 12.2 Å². The van der Waals surface area contributed by atoms with Gasteiger partial charge in [-0.2, -0.15) is 9.78 Å². The Morgan fingerprint density at radius 2 is 1.72 bits per heavy atom. The zero-order valence-electron chi connectivity index (χ0n) is 17.0. The van der Waals surface area contributed by atoms with Crippen molar-refractivity contribution in [1.29, 1.82) is 0 Å². The summed E-state index contributed by atoms with van der Waals surface area (Å²) in [5.74, 6) is -0.603. The van der Waals surface area contributed by atoms with Crippen LogP contribution in [0.2, 0.25) is 0 Å². The maximum Gasteiger partial charge on any atom is 0.352 e. The molecule has 1 heterocycles. The third-order valence-electron chi connectivity index (χ3n) is 4.94. The second-order valence-corrected chi connectivity index (χ2v) is 6.99. The van der Waals surface area contributed by atoms with Crippen molar-refractivity contribution in [3.05, 3.63) is 91.3 Å². The summed E-state index contributed by atoms with van der Waals surface area (Å²) in [5, 5.41) is 6.71. The van der Waals surface area contributed by atoms with Crippen molar-refractivity contribution in [2.24, 2.45) is 0 Å². The van der Waals surface area contributed by atoms with E-state index in [9.17, 15) is 14.4 Å². The molecule has 2 aromatic carbocycles. The molecule has 0 aliphatic rings. The second-order valence-electron chi connectivity index (χ2n) is 6.99. The lowest BCUT2D eigenvalue weighted by atomic mass is 10.1. The van der Waals surface area contributed by atoms with E-state index in [1.807, 2.05) is 57.2 Å². The average Bonchev–Trinajstić information content (AvgIpc) is 2.69. The number of nitrogens with zero attached hydrogens (tertiary/aromatic N) is 3. The Kier molecular flexibility index (Phi) is 5.77. The van der Waals surface area contributed by atoms with Gasteiger partial charge >= 0.3 is 5.69 Å². The maximum absolute atomic E-state index is 13.2. The van der Waals surface area contributed by atoms with Gasteiger partial charge in [0.15, 0.2) is 0 Å². The lowest BCUT2D eigenvalue weighted by Crippen LogP contribution is -2.46. The van der Waals surface area contributed by atoms with Crippen LogP contribution in [0.15, 0.2) is 52.1 Å². The third kappa shape index (κ3) is 4.03. The molecule has 7 nitrogen and oxygen atoms in total. The number of amides is 1. The van der Waals surface area contributed by atoms with E-state index in [1.165, 1.54) is 0 Å². The molecule has 150 valence electrons. The van der Waals surface area contributed by atoms with Gasteiger partial charge in [0, 0.05) is 6.54 Å². The highest BCUT2D eigenvalue weighted by Crippen LogP contribution is 2.12. The molecule has 7 heteroatoms. The van der Waals surface area contributed by atoms with Crippen molar-refractivity contribution in [3.63, 3.8) is 0 Å². The molecule has 0 unspecified atom stereocenters. The zero-order valence-corrected chi connectivity index (χ0v) is 17.0. The normalized spacial score (nSPS) is 10.8. The van der Waals surface area contributed by atoms with Gasteiger partial charge in [0.25, 0.3) is 11.5 Å². The van der Waals surface area contributed by atoms with Crippen molar-refractivity contribution in [3.8, 4) is 5.69 Å². The smallest absolute Gasteiger partial charge is 0.351 e. The average molecular weight is 392 g/mol. The molecule has 3 rings (SSSR count). The molecule has 0 bridgehead atoms. The van der Waals surface area contributed by atoms with Crippen molar-refractivity contribution in [1.82, 2.24) is 19.7 Å². The van der Waals surface area contributed by atoms with Crippen LogP contribution >= 0.6 is 0 Å². The Bertz CT molecular complexity index is 1190. The van der Waals surface area contributed by atoms with Gasteiger partial charge in [-0.05, 0) is 62.1 Å². The van der Waals surface area contributed by atoms with Gasteiger partial charge in [-0.25, -0.2) is 4.79 Å². The number of aromatic nitrogens is 3. The molecule has 0 saturated heterocycles. The molecule has 3 aromatic rings. The molecule has 1 N–H and O–H groups in total. The van der Waals surface area contributed by atoms with Gasteiger partial charge in [-0.3, -0.25) is 14.2 Å². The fourth-order valence-electron chi connectivity index (χ4n) is 3.02. The Balaban J connectivity index is 2.26. The first kappa shape index (κ1) is 20.3. The van der Waals surface area contributed by atoms with Crippen LogP contribution in [-0.2, 0) is 6.54 Å². The Labute approximate surface area is 168 Å². The molecule has 0 radical (unpaired) electrons. The van der Waals surface area contributed by atoms with E-state index >= 15 is 0 Å². The molecule has 29 heavy (non-hydrogen) atoms. The van der Waals surface area contributed by atoms with Crippen molar-refractivity contribution in [2.45, 2.75) is 34.2 Å². The first-order chi connectivity index (χ1) is 13.8. The molecule has 0 atom stereocenters. The number of carbonyl (C=O) groups is 1. The summed E-state index contributed by atoms with van der Waals surface area (Å²) in [7, 11) is 0. The molecule has 0 aliphatic carbocycles. The Morgan fingerprint density at radius 3 is 2.38 bits per heavy atom. The molecule has 0 aliphatic heterocycles. The van der Waals surface area contributed by atoms with E-state index in [-0.39, 0.29) is 12.2 Å². The highest BCUT2D eigenvalue weighted by molar-refractivity contribution is 5.91. The van der Waals surface area contributed by atoms with Gasteiger partial charge in [-0.1, -0.05) is 30.3 Å². The van der Waals surface area contributed by atoms with E-state index in [2.05, 4.69) is 10.4 Å². The quantitative estimate of drug-likeness (QED) is 0.721. The minimum absolute atomic E-state index is 0.0596. The van der Waals surface area contributed by atoms with Crippen molar-refractivity contribution >= 4 is 5.91 Å².